The number of fused-ring (bicyclic) bond motifs is 4. The van der Waals surface area contributed by atoms with Crippen LogP contribution in [0.1, 0.15) is 74.3 Å². The number of carbonyl (C=O) groups is 1. The van der Waals surface area contributed by atoms with Gasteiger partial charge in [-0.3, -0.25) is 9.53 Å². The number of nitrogens with one attached hydrogen (secondary N) is 1. The van der Waals surface area contributed by atoms with Crippen molar-refractivity contribution in [3.05, 3.63) is 40.6 Å². The van der Waals surface area contributed by atoms with E-state index in [-0.39, 0.29) is 37.7 Å². The molecule has 13 heteroatoms. The molecule has 0 radical (unpaired) electrons. The van der Waals surface area contributed by atoms with E-state index in [1.54, 1.807) is 18.2 Å². The van der Waals surface area contributed by atoms with Crippen LogP contribution in [-0.4, -0.2) is 51.9 Å². The van der Waals surface area contributed by atoms with Crippen LogP contribution >= 0.6 is 11.6 Å². The van der Waals surface area contributed by atoms with Crippen molar-refractivity contribution in [3.8, 4) is 5.75 Å². The van der Waals surface area contributed by atoms with E-state index in [4.69, 9.17) is 25.5 Å². The number of aliphatic hydroxyl groups excluding tert-OH is 1. The number of hydrogen-bond acceptors (Lipinski definition) is 8. The third-order valence-corrected chi connectivity index (χ3v) is 8.17. The van der Waals surface area contributed by atoms with Crippen molar-refractivity contribution in [2.24, 2.45) is 0 Å². The first kappa shape index (κ1) is 24.9. The van der Waals surface area contributed by atoms with Crippen molar-refractivity contribution in [2.45, 2.75) is 86.7 Å². The number of benzene rings is 1. The molecular weight excluding hydrogens is 519 g/mol. The Balaban J connectivity index is 1.06. The summed E-state index contributed by atoms with van der Waals surface area (Å²) >= 11 is 6.00. The number of amides is 1. The Morgan fingerprint density at radius 2 is 1.92 bits per heavy atom. The highest BCUT2D eigenvalue weighted by atomic mass is 35.5. The van der Waals surface area contributed by atoms with E-state index in [1.165, 1.54) is 0 Å². The Hall–Kier alpha value is -2.41. The lowest BCUT2D eigenvalue weighted by molar-refractivity contribution is -0.352. The molecule has 9 nitrogen and oxygen atoms in total. The summed E-state index contributed by atoms with van der Waals surface area (Å²) in [6.45, 7) is 0.239. The van der Waals surface area contributed by atoms with E-state index in [0.717, 1.165) is 0 Å². The van der Waals surface area contributed by atoms with E-state index in [9.17, 15) is 23.1 Å². The topological polar surface area (TPSA) is 116 Å². The van der Waals surface area contributed by atoms with E-state index in [0.29, 0.717) is 53.8 Å². The molecule has 4 heterocycles. The van der Waals surface area contributed by atoms with Crippen LogP contribution in [-0.2, 0) is 19.9 Å². The molecule has 0 unspecified atom stereocenters. The van der Waals surface area contributed by atoms with Crippen molar-refractivity contribution in [1.29, 1.82) is 0 Å². The number of aromatic nitrogens is 2. The van der Waals surface area contributed by atoms with Crippen molar-refractivity contribution < 1.29 is 41.7 Å². The lowest BCUT2D eigenvalue weighted by Crippen LogP contribution is -2.63. The van der Waals surface area contributed by atoms with Crippen LogP contribution in [0.25, 0.3) is 0 Å². The fourth-order valence-electron chi connectivity index (χ4n) is 5.69. The Bertz CT molecular complexity index is 1180. The van der Waals surface area contributed by atoms with Crippen LogP contribution < -0.4 is 10.1 Å². The number of ether oxygens (including phenoxy) is 3. The quantitative estimate of drug-likeness (QED) is 0.580. The fourth-order valence-corrected chi connectivity index (χ4v) is 5.87. The minimum atomic E-state index is -4.66. The zero-order valence-corrected chi connectivity index (χ0v) is 20.3. The summed E-state index contributed by atoms with van der Waals surface area (Å²) in [6.07, 6.45) is -4.53. The SMILES string of the molecule is O=C(NC12CCC(c3nnc([C@H]4C[C@@H](OC(F)(F)F)C4)o3)(CC1)OC2)[C@@H]1C[C@H](O)c2cc(Cl)ccc2O1. The molecule has 2 saturated heterocycles. The molecule has 7 rings (SSSR count). The Labute approximate surface area is 214 Å². The maximum absolute atomic E-state index is 13.1. The van der Waals surface area contributed by atoms with Gasteiger partial charge in [0.2, 0.25) is 11.8 Å². The second-order valence-corrected chi connectivity index (χ2v) is 10.8. The van der Waals surface area contributed by atoms with Gasteiger partial charge < -0.3 is 24.3 Å². The molecule has 2 aromatic rings. The normalized spacial score (nSPS) is 34.8. The lowest BCUT2D eigenvalue weighted by atomic mass is 9.71. The summed E-state index contributed by atoms with van der Waals surface area (Å²) in [4.78, 5) is 13.1. The molecule has 5 aliphatic rings. The summed E-state index contributed by atoms with van der Waals surface area (Å²) < 4.78 is 59.0. The van der Waals surface area contributed by atoms with E-state index in [2.05, 4.69) is 20.3 Å². The van der Waals surface area contributed by atoms with E-state index < -0.39 is 35.8 Å². The van der Waals surface area contributed by atoms with Gasteiger partial charge in [-0.05, 0) is 56.7 Å². The van der Waals surface area contributed by atoms with Crippen molar-refractivity contribution in [2.75, 3.05) is 6.61 Å². The van der Waals surface area contributed by atoms with Crippen molar-refractivity contribution in [1.82, 2.24) is 15.5 Å². The van der Waals surface area contributed by atoms with Crippen molar-refractivity contribution >= 4 is 17.5 Å². The fraction of sp³-hybridized carbons (Fsp3) is 0.625. The van der Waals surface area contributed by atoms with Crippen LogP contribution in [0, 0.1) is 0 Å². The molecule has 1 aromatic carbocycles. The monoisotopic (exact) mass is 543 g/mol. The molecule has 1 amide bonds. The maximum Gasteiger partial charge on any atom is 0.522 e. The third-order valence-electron chi connectivity index (χ3n) is 7.93. The summed E-state index contributed by atoms with van der Waals surface area (Å²) in [5.41, 5.74) is -0.798. The van der Waals surface area contributed by atoms with Gasteiger partial charge in [0.1, 0.15) is 11.4 Å². The first-order chi connectivity index (χ1) is 17.5. The van der Waals surface area contributed by atoms with Gasteiger partial charge in [0.05, 0.1) is 24.4 Å². The summed E-state index contributed by atoms with van der Waals surface area (Å²) in [5.74, 6) is 0.441. The summed E-state index contributed by atoms with van der Waals surface area (Å²) in [7, 11) is 0. The minimum absolute atomic E-state index is 0.112. The number of carbonyl (C=O) groups excluding carboxylic acids is 1. The van der Waals surface area contributed by atoms with Gasteiger partial charge in [-0.15, -0.1) is 23.4 Å². The Morgan fingerprint density at radius 3 is 2.59 bits per heavy atom. The third kappa shape index (κ3) is 4.68. The highest BCUT2D eigenvalue weighted by Gasteiger charge is 2.55. The molecule has 200 valence electrons. The van der Waals surface area contributed by atoms with Gasteiger partial charge in [0.15, 0.2) is 6.10 Å². The standard InChI is InChI=1S/C24H25ClF3N3O6/c25-13-1-2-17-15(9-13)16(32)10-18(35-17)19(33)29-22-3-5-23(6-4-22,34-11-22)21-31-30-20(36-21)12-7-14(8-12)37-24(26,27)28/h1-2,9,12,14,16,18,32H,3-8,10-11H2,(H,29,33)/t12-,14+,16-,18-,22?,23?/m0/s1. The predicted molar refractivity (Wildman–Crippen MR) is 120 cm³/mol. The summed E-state index contributed by atoms with van der Waals surface area (Å²) in [5, 5.41) is 22.3. The lowest BCUT2D eigenvalue weighted by Gasteiger charge is -2.51. The van der Waals surface area contributed by atoms with E-state index >= 15 is 0 Å². The zero-order chi connectivity index (χ0) is 26.0. The van der Waals surface area contributed by atoms with Gasteiger partial charge in [0, 0.05) is 22.9 Å². The second kappa shape index (κ2) is 8.82. The molecule has 0 spiro atoms. The molecule has 2 aliphatic carbocycles. The van der Waals surface area contributed by atoms with Crippen molar-refractivity contribution in [3.63, 3.8) is 0 Å². The highest BCUT2D eigenvalue weighted by molar-refractivity contribution is 6.30. The minimum Gasteiger partial charge on any atom is -0.480 e. The molecule has 3 aliphatic heterocycles. The van der Waals surface area contributed by atoms with Gasteiger partial charge in [-0.25, -0.2) is 0 Å². The summed E-state index contributed by atoms with van der Waals surface area (Å²) in [6, 6.07) is 4.92. The first-order valence-electron chi connectivity index (χ1n) is 12.2. The predicted octanol–water partition coefficient (Wildman–Crippen LogP) is 4.04. The number of nitrogens with zero attached hydrogens (tertiary/aromatic N) is 2. The molecule has 2 atom stereocenters. The highest BCUT2D eigenvalue weighted by Crippen LogP contribution is 2.50. The zero-order valence-electron chi connectivity index (χ0n) is 19.6. The number of halogens is 4. The molecule has 2 saturated carbocycles. The Morgan fingerprint density at radius 1 is 1.16 bits per heavy atom. The van der Waals surface area contributed by atoms with Crippen LogP contribution in [0.5, 0.6) is 5.75 Å². The van der Waals surface area contributed by atoms with Gasteiger partial charge in [-0.1, -0.05) is 11.6 Å². The smallest absolute Gasteiger partial charge is 0.480 e. The Kier molecular flexibility index (Phi) is 5.94. The average Bonchev–Trinajstić information content (AvgIpc) is 3.32. The molecule has 2 N–H and O–H groups in total. The van der Waals surface area contributed by atoms with Gasteiger partial charge >= 0.3 is 6.36 Å². The van der Waals surface area contributed by atoms with Crippen LogP contribution in [0.2, 0.25) is 5.02 Å². The molecule has 37 heavy (non-hydrogen) atoms. The number of aliphatic hydroxyl groups is 1. The van der Waals surface area contributed by atoms with Crippen LogP contribution in [0.15, 0.2) is 22.6 Å². The van der Waals surface area contributed by atoms with Crippen LogP contribution in [0.3, 0.4) is 0 Å². The van der Waals surface area contributed by atoms with Gasteiger partial charge in [-0.2, -0.15) is 0 Å². The van der Waals surface area contributed by atoms with Gasteiger partial charge in [0.25, 0.3) is 5.91 Å². The largest absolute Gasteiger partial charge is 0.522 e. The first-order valence-corrected chi connectivity index (χ1v) is 12.6. The van der Waals surface area contributed by atoms with Crippen LogP contribution in [0.4, 0.5) is 13.2 Å². The number of rotatable bonds is 5. The molecule has 2 bridgehead atoms. The maximum atomic E-state index is 13.1. The molecular formula is C24H25ClF3N3O6. The average molecular weight is 544 g/mol. The molecule has 4 fully saturated rings. The van der Waals surface area contributed by atoms with E-state index in [1.807, 2.05) is 0 Å². The number of hydrogen-bond donors (Lipinski definition) is 2. The second-order valence-electron chi connectivity index (χ2n) is 10.4. The number of alkyl halides is 3. The molecule has 1 aromatic heterocycles.